The summed E-state index contributed by atoms with van der Waals surface area (Å²) in [5, 5.41) is 30.5. The summed E-state index contributed by atoms with van der Waals surface area (Å²) in [6.07, 6.45) is 5.60. The van der Waals surface area contributed by atoms with Gasteiger partial charge in [0.1, 0.15) is 47.1 Å². The molecule has 0 saturated carbocycles. The molecule has 3 aliphatic rings. The Labute approximate surface area is 540 Å². The molecule has 3 aromatic heterocycles. The highest BCUT2D eigenvalue weighted by atomic mass is 19.1. The van der Waals surface area contributed by atoms with Crippen LogP contribution in [0.25, 0.3) is 21.8 Å². The fraction of sp³-hybridized carbons (Fsp3) is 0.397. The van der Waals surface area contributed by atoms with E-state index >= 15 is 9.59 Å². The zero-order chi connectivity index (χ0) is 67.1. The molecule has 7 aromatic rings. The fourth-order valence-corrected chi connectivity index (χ4v) is 12.0. The molecule has 6 heterocycles. The maximum Gasteiger partial charge on any atom is 0.304 e. The summed E-state index contributed by atoms with van der Waals surface area (Å²) in [7, 11) is 1.49. The Balaban J connectivity index is 1.04. The number of Topliss-reactive ketones (excluding diaryl/α,β-unsaturated/α-hetero) is 1. The van der Waals surface area contributed by atoms with Gasteiger partial charge in [0.25, 0.3) is 0 Å². The summed E-state index contributed by atoms with van der Waals surface area (Å²) in [6, 6.07) is 14.8. The number of carboxylic acid groups (broad SMARTS) is 1. The minimum atomic E-state index is -1.73. The number of carbonyl (C=O) groups excluding carboxylic acids is 9. The lowest BCUT2D eigenvalue weighted by Gasteiger charge is -2.36. The highest BCUT2D eigenvalue weighted by molar-refractivity contribution is 6.00. The molecular weight excluding hydrogens is 1210 g/mol. The molecule has 1 saturated heterocycles. The number of methoxy groups -OCH3 is 1. The number of rotatable bonds is 11. The van der Waals surface area contributed by atoms with Gasteiger partial charge in [-0.2, -0.15) is 0 Å². The number of aromatic nitrogens is 4. The fourth-order valence-electron chi connectivity index (χ4n) is 12.0. The predicted molar refractivity (Wildman–Crippen MR) is 341 cm³/mol. The maximum atomic E-state index is 15.1. The maximum absolute atomic E-state index is 15.1. The summed E-state index contributed by atoms with van der Waals surface area (Å²) in [6.45, 7) is 3.71. The number of nitrogens with one attached hydrogen (secondary N) is 10. The number of carboxylic acids is 1. The third kappa shape index (κ3) is 17.9. The molecule has 3 aliphatic heterocycles. The number of ether oxygens (including phenoxy) is 1. The Morgan fingerprint density at radius 1 is 0.638 bits per heavy atom. The van der Waals surface area contributed by atoms with Crippen molar-refractivity contribution in [3.63, 3.8) is 0 Å². The van der Waals surface area contributed by atoms with Gasteiger partial charge in [0.15, 0.2) is 5.78 Å². The van der Waals surface area contributed by atoms with Crippen LogP contribution in [0.4, 0.5) is 8.78 Å². The first-order valence-electron chi connectivity index (χ1n) is 31.4. The van der Waals surface area contributed by atoms with Gasteiger partial charge in [-0.15, -0.1) is 0 Å². The Morgan fingerprint density at radius 3 is 1.86 bits per heavy atom. The second kappa shape index (κ2) is 31.4. The van der Waals surface area contributed by atoms with E-state index in [1.54, 1.807) is 31.2 Å². The number of benzene rings is 4. The van der Waals surface area contributed by atoms with Crippen molar-refractivity contribution in [2.75, 3.05) is 20.2 Å². The normalized spacial score (nSPS) is 22.7. The standard InChI is InChI=1S/C68H78F2N12O12/c1-39-62(88)79-55(28-45-36-74-53-21-17-47(70)32-51(45)53)64(90)78-54(27-44-35-73-52-20-16-46(69)31-50(44)52)58(83)29-43(30-61(86)87)63(89)80-56(33-48-37-71-38-76-48)65(91)81-57(26-41-14-18-49(94-3)19-15-41)66(92)82-25-7-23-68(82,2)67(93)72-24-22-40-10-12-42(13-11-40)34-75-59(84)8-5-4-6-9-60(85)77-39/h10-21,31-32,35-39,43,54-57,73-74H,4-9,22-30,33-34H2,1-3H3,(H,71,76)(H,72,93)(H,75,84)(H,77,85)(H,78,90)(H,79,88)(H,80,89)(H,81,91)(H,86,87)/t39-,43-,54-,55-,56-,57-,68-/m0/s1. The van der Waals surface area contributed by atoms with Crippen LogP contribution in [-0.2, 0) is 86.6 Å². The van der Waals surface area contributed by atoms with Crippen LogP contribution < -0.4 is 42.0 Å². The van der Waals surface area contributed by atoms with Gasteiger partial charge in [-0.1, -0.05) is 42.8 Å². The first-order valence-corrected chi connectivity index (χ1v) is 31.4. The number of H-pyrrole nitrogens is 3. The van der Waals surface area contributed by atoms with Crippen molar-refractivity contribution in [1.82, 2.24) is 62.1 Å². The molecule has 0 aliphatic carbocycles. The van der Waals surface area contributed by atoms with Crippen molar-refractivity contribution in [2.45, 2.75) is 146 Å². The average Bonchev–Trinajstić information content (AvgIpc) is 1.55. The average molecular weight is 1290 g/mol. The van der Waals surface area contributed by atoms with Crippen molar-refractivity contribution >= 4 is 80.8 Å². The number of imidazole rings is 1. The SMILES string of the molecule is COc1ccc(C[C@@H]2NC(=O)[C@H](Cc3cnc[nH]3)NC(=O)[C@H](CC(=O)O)CC(=O)[C@H](Cc3c[nH]c4ccc(F)cc34)NC(=O)[C@H](Cc3c[nH]c4ccc(F)cc34)NC(=O)[C@H](C)NC(=O)CCCCCC(=O)NCc3ccc(cc3)CCNC(=O)[C@]3(C)CCCN3C2=O)cc1. The van der Waals surface area contributed by atoms with Crippen LogP contribution in [0.2, 0.25) is 0 Å². The number of amides is 8. The molecule has 24 nitrogen and oxygen atoms in total. The number of carbonyl (C=O) groups is 10. The molecule has 10 rings (SSSR count). The zero-order valence-corrected chi connectivity index (χ0v) is 52.5. The molecule has 0 radical (unpaired) electrons. The van der Waals surface area contributed by atoms with E-state index in [4.69, 9.17) is 4.74 Å². The molecule has 496 valence electrons. The molecule has 8 amide bonds. The van der Waals surface area contributed by atoms with Gasteiger partial charge in [0.2, 0.25) is 47.3 Å². The van der Waals surface area contributed by atoms with Crippen LogP contribution in [-0.4, -0.2) is 145 Å². The minimum absolute atomic E-state index is 0.00385. The van der Waals surface area contributed by atoms with Crippen LogP contribution in [0.15, 0.2) is 110 Å². The van der Waals surface area contributed by atoms with E-state index in [0.29, 0.717) is 88.5 Å². The van der Waals surface area contributed by atoms with Gasteiger partial charge in [0.05, 0.1) is 31.8 Å². The van der Waals surface area contributed by atoms with Gasteiger partial charge in [0, 0.05) is 111 Å². The molecular formula is C68H78F2N12O12. The number of hydrogen-bond acceptors (Lipinski definition) is 12. The lowest BCUT2D eigenvalue weighted by atomic mass is 9.91. The largest absolute Gasteiger partial charge is 0.497 e. The third-order valence-electron chi connectivity index (χ3n) is 17.4. The van der Waals surface area contributed by atoms with E-state index in [9.17, 15) is 52.2 Å². The smallest absolute Gasteiger partial charge is 0.304 e. The molecule has 4 aromatic carbocycles. The van der Waals surface area contributed by atoms with E-state index in [-0.39, 0.29) is 64.1 Å². The van der Waals surface area contributed by atoms with Crippen LogP contribution in [0.3, 0.4) is 0 Å². The quantitative estimate of drug-likeness (QED) is 0.0781. The summed E-state index contributed by atoms with van der Waals surface area (Å²) >= 11 is 0. The lowest BCUT2D eigenvalue weighted by molar-refractivity contribution is -0.146. The molecule has 26 heteroatoms. The van der Waals surface area contributed by atoms with E-state index in [1.165, 1.54) is 80.2 Å². The molecule has 1 fully saturated rings. The summed E-state index contributed by atoms with van der Waals surface area (Å²) in [5.74, 6) is -10.3. The van der Waals surface area contributed by atoms with Crippen molar-refractivity contribution in [2.24, 2.45) is 5.92 Å². The Kier molecular flexibility index (Phi) is 22.7. The molecule has 11 N–H and O–H groups in total. The van der Waals surface area contributed by atoms with Gasteiger partial charge < -0.3 is 66.9 Å². The highest BCUT2D eigenvalue weighted by Gasteiger charge is 2.48. The minimum Gasteiger partial charge on any atom is -0.497 e. The van der Waals surface area contributed by atoms with Crippen molar-refractivity contribution < 1.29 is 66.6 Å². The molecule has 2 bridgehead atoms. The van der Waals surface area contributed by atoms with Gasteiger partial charge in [-0.25, -0.2) is 13.8 Å². The third-order valence-corrected chi connectivity index (χ3v) is 17.4. The topological polar surface area (TPSA) is 348 Å². The summed E-state index contributed by atoms with van der Waals surface area (Å²) in [5.41, 5.74) is 2.95. The van der Waals surface area contributed by atoms with E-state index in [0.717, 1.165) is 11.1 Å². The highest BCUT2D eigenvalue weighted by Crippen LogP contribution is 2.31. The van der Waals surface area contributed by atoms with E-state index < -0.39 is 119 Å². The van der Waals surface area contributed by atoms with Crippen molar-refractivity contribution in [1.29, 1.82) is 0 Å². The Morgan fingerprint density at radius 2 is 1.23 bits per heavy atom. The lowest BCUT2D eigenvalue weighted by Crippen LogP contribution is -2.61. The Bertz CT molecular complexity index is 3890. The second-order valence-corrected chi connectivity index (χ2v) is 24.3. The molecule has 94 heavy (non-hydrogen) atoms. The van der Waals surface area contributed by atoms with Crippen molar-refractivity contribution in [3.05, 3.63) is 155 Å². The second-order valence-electron chi connectivity index (χ2n) is 24.3. The number of ketones is 1. The summed E-state index contributed by atoms with van der Waals surface area (Å²) in [4.78, 5) is 157. The van der Waals surface area contributed by atoms with E-state index in [1.807, 2.05) is 24.3 Å². The number of nitrogens with zero attached hydrogens (tertiary/aromatic N) is 2. The predicted octanol–water partition coefficient (Wildman–Crippen LogP) is 4.74. The molecule has 0 spiro atoms. The first-order chi connectivity index (χ1) is 45.1. The van der Waals surface area contributed by atoms with Crippen LogP contribution in [0, 0.1) is 17.6 Å². The number of aromatic amines is 3. The van der Waals surface area contributed by atoms with Crippen LogP contribution >= 0.6 is 0 Å². The number of fused-ring (bicyclic) bond motifs is 33. The van der Waals surface area contributed by atoms with Crippen LogP contribution in [0.1, 0.15) is 105 Å². The van der Waals surface area contributed by atoms with Crippen molar-refractivity contribution in [3.8, 4) is 5.75 Å². The molecule has 7 atom stereocenters. The van der Waals surface area contributed by atoms with Gasteiger partial charge >= 0.3 is 5.97 Å². The number of aliphatic carboxylic acids is 1. The van der Waals surface area contributed by atoms with E-state index in [2.05, 4.69) is 57.2 Å². The molecule has 0 unspecified atom stereocenters. The van der Waals surface area contributed by atoms with Gasteiger partial charge in [-0.05, 0) is 122 Å². The monoisotopic (exact) mass is 1290 g/mol. The Hall–Kier alpha value is -10.3. The number of halogens is 2. The van der Waals surface area contributed by atoms with Crippen LogP contribution in [0.5, 0.6) is 5.75 Å². The summed E-state index contributed by atoms with van der Waals surface area (Å²) < 4.78 is 35.1. The number of hydrogen-bond donors (Lipinski definition) is 11. The van der Waals surface area contributed by atoms with Gasteiger partial charge in [-0.3, -0.25) is 47.9 Å². The zero-order valence-electron chi connectivity index (χ0n) is 52.5. The first kappa shape index (κ1) is 68.1.